The van der Waals surface area contributed by atoms with Gasteiger partial charge in [-0.1, -0.05) is 13.1 Å². The topological polar surface area (TPSA) is 0 Å². The molecule has 0 heterocycles. The zero-order chi connectivity index (χ0) is 7.49. The second kappa shape index (κ2) is 3.08. The van der Waals surface area contributed by atoms with Crippen LogP contribution in [0.5, 0.6) is 0 Å². The Kier molecular flexibility index (Phi) is 3.00. The molecule has 0 rings (SSSR count). The summed E-state index contributed by atoms with van der Waals surface area (Å²) in [5, 5.41) is 0. The van der Waals surface area contributed by atoms with E-state index < -0.39 is 8.80 Å². The molecule has 0 nitrogen and oxygen atoms in total. The highest BCUT2D eigenvalue weighted by Crippen LogP contribution is 2.09. The van der Waals surface area contributed by atoms with Crippen LogP contribution >= 0.6 is 0 Å². The molecule has 9 heavy (non-hydrogen) atoms. The van der Waals surface area contributed by atoms with E-state index in [2.05, 4.69) is 45.3 Å². The summed E-state index contributed by atoms with van der Waals surface area (Å²) in [5.74, 6) is 3.23. The Balaban J connectivity index is 3.88. The molecule has 0 unspecified atom stereocenters. The molecule has 0 aromatic rings. The van der Waals surface area contributed by atoms with Crippen LogP contribution < -0.4 is 0 Å². The lowest BCUT2D eigenvalue weighted by Gasteiger charge is -2.07. The maximum atomic E-state index is 3.27. The summed E-state index contributed by atoms with van der Waals surface area (Å²) in [6.45, 7) is 10.9. The highest BCUT2D eigenvalue weighted by molar-refractivity contribution is 6.64. The Hall–Kier alpha value is -0.223. The standard InChI is InChI=1S/C8H16Si/c1-8(2,3)6-7-9(4)5/h9H,1-5H3. The van der Waals surface area contributed by atoms with Crippen molar-refractivity contribution in [3.05, 3.63) is 0 Å². The van der Waals surface area contributed by atoms with Crippen LogP contribution in [0.1, 0.15) is 20.8 Å². The Labute approximate surface area is 60.3 Å². The van der Waals surface area contributed by atoms with E-state index in [1.165, 1.54) is 0 Å². The van der Waals surface area contributed by atoms with Crippen molar-refractivity contribution in [1.82, 2.24) is 0 Å². The monoisotopic (exact) mass is 140 g/mol. The lowest BCUT2D eigenvalue weighted by atomic mass is 9.99. The lowest BCUT2D eigenvalue weighted by molar-refractivity contribution is 0.571. The molecule has 0 aliphatic carbocycles. The maximum absolute atomic E-state index is 3.27. The largest absolute Gasteiger partial charge is 0.135 e. The van der Waals surface area contributed by atoms with Crippen molar-refractivity contribution in [3.63, 3.8) is 0 Å². The Morgan fingerprint density at radius 2 is 1.56 bits per heavy atom. The fraction of sp³-hybridized carbons (Fsp3) is 0.750. The minimum atomic E-state index is -0.631. The normalized spacial score (nSPS) is 10.9. The van der Waals surface area contributed by atoms with Crippen molar-refractivity contribution >= 4 is 8.80 Å². The van der Waals surface area contributed by atoms with Crippen LogP contribution in [-0.2, 0) is 0 Å². The molecule has 0 spiro atoms. The van der Waals surface area contributed by atoms with E-state index in [4.69, 9.17) is 0 Å². The van der Waals surface area contributed by atoms with Crippen LogP contribution in [-0.4, -0.2) is 8.80 Å². The summed E-state index contributed by atoms with van der Waals surface area (Å²) in [6, 6.07) is 0. The van der Waals surface area contributed by atoms with Gasteiger partial charge in [0, 0.05) is 5.41 Å². The third-order valence-corrected chi connectivity index (χ3v) is 1.46. The molecular formula is C8H16Si. The third-order valence-electron chi connectivity index (χ3n) is 0.736. The average molecular weight is 140 g/mol. The van der Waals surface area contributed by atoms with Gasteiger partial charge in [0.25, 0.3) is 0 Å². The van der Waals surface area contributed by atoms with Crippen LogP contribution in [0.25, 0.3) is 0 Å². The van der Waals surface area contributed by atoms with Crippen LogP contribution in [0.2, 0.25) is 13.1 Å². The first-order valence-corrected chi connectivity index (χ1v) is 6.33. The van der Waals surface area contributed by atoms with Crippen molar-refractivity contribution in [2.24, 2.45) is 5.41 Å². The predicted octanol–water partition coefficient (Wildman–Crippen LogP) is 2.06. The van der Waals surface area contributed by atoms with E-state index in [0.717, 1.165) is 0 Å². The number of hydrogen-bond acceptors (Lipinski definition) is 0. The Morgan fingerprint density at radius 3 is 1.67 bits per heavy atom. The summed E-state index contributed by atoms with van der Waals surface area (Å²) in [6.07, 6.45) is 0. The van der Waals surface area contributed by atoms with E-state index in [9.17, 15) is 0 Å². The maximum Gasteiger partial charge on any atom is 0.116 e. The van der Waals surface area contributed by atoms with Crippen LogP contribution in [0.3, 0.4) is 0 Å². The summed E-state index contributed by atoms with van der Waals surface area (Å²) >= 11 is 0. The quantitative estimate of drug-likeness (QED) is 0.357. The van der Waals surface area contributed by atoms with E-state index >= 15 is 0 Å². The van der Waals surface area contributed by atoms with E-state index in [1.807, 2.05) is 0 Å². The second-order valence-corrected chi connectivity index (χ2v) is 6.27. The van der Waals surface area contributed by atoms with Crippen LogP contribution in [0.4, 0.5) is 0 Å². The average Bonchev–Trinajstić information content (AvgIpc) is 1.59. The molecule has 0 N–H and O–H groups in total. The predicted molar refractivity (Wildman–Crippen MR) is 46.1 cm³/mol. The van der Waals surface area contributed by atoms with E-state index in [1.54, 1.807) is 0 Å². The third kappa shape index (κ3) is 7.78. The van der Waals surface area contributed by atoms with Gasteiger partial charge in [-0.05, 0) is 20.8 Å². The summed E-state index contributed by atoms with van der Waals surface area (Å²) in [7, 11) is -0.631. The van der Waals surface area contributed by atoms with Gasteiger partial charge in [-0.15, -0.1) is 11.5 Å². The second-order valence-electron chi connectivity index (χ2n) is 3.67. The van der Waals surface area contributed by atoms with Gasteiger partial charge in [0.15, 0.2) is 0 Å². The molecule has 0 amide bonds. The van der Waals surface area contributed by atoms with Gasteiger partial charge in [-0.25, -0.2) is 0 Å². The van der Waals surface area contributed by atoms with Crippen molar-refractivity contribution in [2.45, 2.75) is 33.9 Å². The zero-order valence-corrected chi connectivity index (χ0v) is 8.23. The Bertz CT molecular complexity index is 129. The highest BCUT2D eigenvalue weighted by Gasteiger charge is 2.02. The molecule has 0 radical (unpaired) electrons. The molecule has 0 bridgehead atoms. The molecule has 0 aromatic carbocycles. The Morgan fingerprint density at radius 1 is 1.11 bits per heavy atom. The fourth-order valence-corrected chi connectivity index (χ4v) is 1.08. The van der Waals surface area contributed by atoms with Crippen molar-refractivity contribution < 1.29 is 0 Å². The van der Waals surface area contributed by atoms with Gasteiger partial charge in [0.2, 0.25) is 0 Å². The molecule has 52 valence electrons. The zero-order valence-electron chi connectivity index (χ0n) is 7.08. The SMILES string of the molecule is C[SiH](C)C#CC(C)(C)C. The summed E-state index contributed by atoms with van der Waals surface area (Å²) in [5.41, 5.74) is 3.48. The highest BCUT2D eigenvalue weighted by atomic mass is 28.3. The molecule has 0 aliphatic heterocycles. The molecule has 0 aliphatic rings. The summed E-state index contributed by atoms with van der Waals surface area (Å²) in [4.78, 5) is 0. The molecule has 0 saturated heterocycles. The fourth-order valence-electron chi connectivity index (χ4n) is 0.361. The van der Waals surface area contributed by atoms with E-state index in [-0.39, 0.29) is 5.41 Å². The minimum absolute atomic E-state index is 0.206. The van der Waals surface area contributed by atoms with Crippen molar-refractivity contribution in [3.8, 4) is 11.5 Å². The molecule has 1 heteroatoms. The number of hydrogen-bond donors (Lipinski definition) is 0. The molecule has 0 aromatic heterocycles. The van der Waals surface area contributed by atoms with Gasteiger partial charge in [0.05, 0.1) is 0 Å². The molecule has 0 atom stereocenters. The van der Waals surface area contributed by atoms with Crippen molar-refractivity contribution in [1.29, 1.82) is 0 Å². The van der Waals surface area contributed by atoms with Gasteiger partial charge in [-0.3, -0.25) is 0 Å². The van der Waals surface area contributed by atoms with Gasteiger partial charge < -0.3 is 0 Å². The van der Waals surface area contributed by atoms with Gasteiger partial charge >= 0.3 is 0 Å². The first kappa shape index (κ1) is 8.78. The van der Waals surface area contributed by atoms with E-state index in [0.29, 0.717) is 0 Å². The molecular weight excluding hydrogens is 124 g/mol. The number of rotatable bonds is 0. The molecule has 0 fully saturated rings. The molecule has 0 saturated carbocycles. The van der Waals surface area contributed by atoms with Gasteiger partial charge in [0.1, 0.15) is 8.80 Å². The van der Waals surface area contributed by atoms with Gasteiger partial charge in [-0.2, -0.15) is 0 Å². The summed E-state index contributed by atoms with van der Waals surface area (Å²) < 4.78 is 0. The smallest absolute Gasteiger partial charge is 0.116 e. The first-order chi connectivity index (χ1) is 3.92. The minimum Gasteiger partial charge on any atom is -0.135 e. The lowest BCUT2D eigenvalue weighted by Crippen LogP contribution is -2.03. The van der Waals surface area contributed by atoms with Crippen molar-refractivity contribution in [2.75, 3.05) is 0 Å². The van der Waals surface area contributed by atoms with Crippen LogP contribution in [0, 0.1) is 16.9 Å². The first-order valence-electron chi connectivity index (χ1n) is 3.44. The van der Waals surface area contributed by atoms with Crippen LogP contribution in [0.15, 0.2) is 0 Å².